The lowest BCUT2D eigenvalue weighted by Crippen LogP contribution is -2.20. The van der Waals surface area contributed by atoms with Crippen molar-refractivity contribution in [2.75, 3.05) is 20.7 Å². The summed E-state index contributed by atoms with van der Waals surface area (Å²) in [6.07, 6.45) is 6.39. The molecule has 1 aliphatic rings. The van der Waals surface area contributed by atoms with E-state index in [4.69, 9.17) is 5.11 Å². The molecule has 2 unspecified atom stereocenters. The highest BCUT2D eigenvalue weighted by Crippen LogP contribution is 2.22. The van der Waals surface area contributed by atoms with E-state index in [2.05, 4.69) is 30.1 Å². The van der Waals surface area contributed by atoms with Crippen LogP contribution in [0.15, 0.2) is 23.9 Å². The van der Waals surface area contributed by atoms with Gasteiger partial charge in [0, 0.05) is 32.3 Å². The van der Waals surface area contributed by atoms with Crippen LogP contribution in [0.25, 0.3) is 0 Å². The first-order valence-electron chi connectivity index (χ1n) is 4.33. The maximum absolute atomic E-state index is 9.06. The average Bonchev–Trinajstić information content (AvgIpc) is 2.05. The van der Waals surface area contributed by atoms with Crippen LogP contribution in [0, 0.1) is 11.8 Å². The van der Waals surface area contributed by atoms with Crippen LogP contribution < -0.4 is 0 Å². The van der Waals surface area contributed by atoms with Crippen molar-refractivity contribution in [3.63, 3.8) is 0 Å². The lowest BCUT2D eigenvalue weighted by atomic mass is 9.89. The van der Waals surface area contributed by atoms with Gasteiger partial charge in [-0.1, -0.05) is 19.1 Å². The van der Waals surface area contributed by atoms with Crippen molar-refractivity contribution < 1.29 is 5.11 Å². The fourth-order valence-corrected chi connectivity index (χ4v) is 1.34. The lowest BCUT2D eigenvalue weighted by Gasteiger charge is -2.24. The highest BCUT2D eigenvalue weighted by molar-refractivity contribution is 5.23. The molecule has 68 valence electrons. The number of aliphatic hydroxyl groups is 1. The van der Waals surface area contributed by atoms with Crippen molar-refractivity contribution in [3.05, 3.63) is 23.9 Å². The van der Waals surface area contributed by atoms with Gasteiger partial charge in [-0.3, -0.25) is 0 Å². The van der Waals surface area contributed by atoms with Crippen LogP contribution in [0.3, 0.4) is 0 Å². The summed E-state index contributed by atoms with van der Waals surface area (Å²) >= 11 is 0. The molecular weight excluding hydrogens is 150 g/mol. The van der Waals surface area contributed by atoms with Crippen molar-refractivity contribution in [1.82, 2.24) is 4.90 Å². The minimum Gasteiger partial charge on any atom is -0.396 e. The predicted octanol–water partition coefficient (Wildman–Crippen LogP) is 1.25. The van der Waals surface area contributed by atoms with E-state index in [1.807, 2.05) is 14.1 Å². The SMILES string of the molecule is CC1C=CC(N(C)C)=CC1CO. The zero-order valence-electron chi connectivity index (χ0n) is 7.99. The highest BCUT2D eigenvalue weighted by Gasteiger charge is 2.16. The number of allylic oxidation sites excluding steroid dienone is 2. The summed E-state index contributed by atoms with van der Waals surface area (Å²) in [6.45, 7) is 2.36. The number of hydrogen-bond donors (Lipinski definition) is 1. The van der Waals surface area contributed by atoms with Gasteiger partial charge in [-0.2, -0.15) is 0 Å². The monoisotopic (exact) mass is 167 g/mol. The number of rotatable bonds is 2. The van der Waals surface area contributed by atoms with E-state index in [1.165, 1.54) is 5.70 Å². The smallest absolute Gasteiger partial charge is 0.0500 e. The molecule has 2 nitrogen and oxygen atoms in total. The van der Waals surface area contributed by atoms with E-state index < -0.39 is 0 Å². The van der Waals surface area contributed by atoms with Crippen LogP contribution in [0.1, 0.15) is 6.92 Å². The molecule has 0 aliphatic heterocycles. The molecule has 0 bridgehead atoms. The molecule has 2 atom stereocenters. The van der Waals surface area contributed by atoms with Gasteiger partial charge in [-0.15, -0.1) is 0 Å². The summed E-state index contributed by atoms with van der Waals surface area (Å²) in [5, 5.41) is 9.06. The molecule has 0 aromatic heterocycles. The van der Waals surface area contributed by atoms with Crippen LogP contribution in [-0.4, -0.2) is 30.7 Å². The van der Waals surface area contributed by atoms with Crippen molar-refractivity contribution in [3.8, 4) is 0 Å². The van der Waals surface area contributed by atoms with Gasteiger partial charge >= 0.3 is 0 Å². The summed E-state index contributed by atoms with van der Waals surface area (Å²) in [4.78, 5) is 2.06. The Morgan fingerprint density at radius 3 is 2.67 bits per heavy atom. The maximum atomic E-state index is 9.06. The topological polar surface area (TPSA) is 23.5 Å². The van der Waals surface area contributed by atoms with Crippen LogP contribution in [-0.2, 0) is 0 Å². The summed E-state index contributed by atoms with van der Waals surface area (Å²) < 4.78 is 0. The molecule has 0 aromatic rings. The van der Waals surface area contributed by atoms with Gasteiger partial charge in [0.1, 0.15) is 0 Å². The third-order valence-corrected chi connectivity index (χ3v) is 2.36. The molecule has 1 rings (SSSR count). The quantitative estimate of drug-likeness (QED) is 0.669. The first-order chi connectivity index (χ1) is 5.65. The summed E-state index contributed by atoms with van der Waals surface area (Å²) in [5.41, 5.74) is 1.19. The molecule has 0 radical (unpaired) electrons. The summed E-state index contributed by atoms with van der Waals surface area (Å²) in [7, 11) is 4.03. The Morgan fingerprint density at radius 2 is 2.17 bits per heavy atom. The summed E-state index contributed by atoms with van der Waals surface area (Å²) in [5.74, 6) is 0.742. The number of aliphatic hydroxyl groups excluding tert-OH is 1. The third-order valence-electron chi connectivity index (χ3n) is 2.36. The van der Waals surface area contributed by atoms with Crippen LogP contribution in [0.2, 0.25) is 0 Å². The molecular formula is C10H17NO. The summed E-state index contributed by atoms with van der Waals surface area (Å²) in [6, 6.07) is 0. The van der Waals surface area contributed by atoms with Gasteiger partial charge < -0.3 is 10.0 Å². The molecule has 0 fully saturated rings. The van der Waals surface area contributed by atoms with Crippen LogP contribution in [0.5, 0.6) is 0 Å². The van der Waals surface area contributed by atoms with Gasteiger partial charge in [0.05, 0.1) is 0 Å². The minimum atomic E-state index is 0.239. The predicted molar refractivity (Wildman–Crippen MR) is 50.6 cm³/mol. The highest BCUT2D eigenvalue weighted by atomic mass is 16.3. The van der Waals surface area contributed by atoms with E-state index in [0.717, 1.165) is 0 Å². The zero-order chi connectivity index (χ0) is 9.14. The van der Waals surface area contributed by atoms with Crippen molar-refractivity contribution in [2.24, 2.45) is 11.8 Å². The molecule has 0 spiro atoms. The Labute approximate surface area is 74.2 Å². The van der Waals surface area contributed by atoms with Gasteiger partial charge in [-0.25, -0.2) is 0 Å². The van der Waals surface area contributed by atoms with E-state index in [1.54, 1.807) is 0 Å². The lowest BCUT2D eigenvalue weighted by molar-refractivity contribution is 0.226. The van der Waals surface area contributed by atoms with Gasteiger partial charge in [-0.05, 0) is 12.0 Å². The number of likely N-dealkylation sites (N-methyl/N-ethyl adjacent to an activating group) is 1. The molecule has 2 heteroatoms. The number of nitrogens with zero attached hydrogens (tertiary/aromatic N) is 1. The van der Waals surface area contributed by atoms with E-state index in [9.17, 15) is 0 Å². The van der Waals surface area contributed by atoms with Gasteiger partial charge in [0.15, 0.2) is 0 Å². The second kappa shape index (κ2) is 3.76. The Hall–Kier alpha value is -0.760. The molecule has 0 amide bonds. The maximum Gasteiger partial charge on any atom is 0.0500 e. The molecule has 0 heterocycles. The molecule has 1 aliphatic carbocycles. The van der Waals surface area contributed by atoms with E-state index >= 15 is 0 Å². The molecule has 1 N–H and O–H groups in total. The second-order valence-electron chi connectivity index (χ2n) is 3.55. The van der Waals surface area contributed by atoms with Crippen molar-refractivity contribution in [1.29, 1.82) is 0 Å². The standard InChI is InChI=1S/C10H17NO/c1-8-4-5-10(11(2)3)6-9(8)7-12/h4-6,8-9,12H,7H2,1-3H3. The fraction of sp³-hybridized carbons (Fsp3) is 0.600. The molecule has 0 saturated carbocycles. The Kier molecular flexibility index (Phi) is 2.93. The van der Waals surface area contributed by atoms with Crippen LogP contribution >= 0.6 is 0 Å². The van der Waals surface area contributed by atoms with Gasteiger partial charge in [0.25, 0.3) is 0 Å². The fourth-order valence-electron chi connectivity index (χ4n) is 1.34. The Bertz CT molecular complexity index is 206. The van der Waals surface area contributed by atoms with Gasteiger partial charge in [0.2, 0.25) is 0 Å². The first kappa shape index (κ1) is 9.33. The molecule has 0 saturated heterocycles. The largest absolute Gasteiger partial charge is 0.396 e. The van der Waals surface area contributed by atoms with Crippen molar-refractivity contribution in [2.45, 2.75) is 6.92 Å². The average molecular weight is 167 g/mol. The minimum absolute atomic E-state index is 0.239. The van der Waals surface area contributed by atoms with Crippen molar-refractivity contribution >= 4 is 0 Å². The molecule has 12 heavy (non-hydrogen) atoms. The Balaban J connectivity index is 2.73. The number of hydrogen-bond acceptors (Lipinski definition) is 2. The van der Waals surface area contributed by atoms with E-state index in [0.29, 0.717) is 5.92 Å². The molecule has 0 aromatic carbocycles. The second-order valence-corrected chi connectivity index (χ2v) is 3.55. The normalized spacial score (nSPS) is 28.5. The Morgan fingerprint density at radius 1 is 1.50 bits per heavy atom. The van der Waals surface area contributed by atoms with Crippen LogP contribution in [0.4, 0.5) is 0 Å². The third kappa shape index (κ3) is 1.89. The first-order valence-corrected chi connectivity index (χ1v) is 4.33. The zero-order valence-corrected chi connectivity index (χ0v) is 7.99. The van der Waals surface area contributed by atoms with E-state index in [-0.39, 0.29) is 12.5 Å².